The van der Waals surface area contributed by atoms with Crippen LogP contribution in [0.1, 0.15) is 25.0 Å². The highest BCUT2D eigenvalue weighted by atomic mass is 16.4. The summed E-state index contributed by atoms with van der Waals surface area (Å²) in [6.45, 7) is 6.56. The fourth-order valence-electron chi connectivity index (χ4n) is 2.17. The quantitative estimate of drug-likeness (QED) is 0.876. The summed E-state index contributed by atoms with van der Waals surface area (Å²) in [5, 5.41) is 8.95. The van der Waals surface area contributed by atoms with Gasteiger partial charge in [0, 0.05) is 20.1 Å². The van der Waals surface area contributed by atoms with Crippen LogP contribution in [0.25, 0.3) is 0 Å². The molecule has 0 unspecified atom stereocenters. The summed E-state index contributed by atoms with van der Waals surface area (Å²) < 4.78 is 0. The molecule has 5 nitrogen and oxygen atoms in total. The van der Waals surface area contributed by atoms with Crippen molar-refractivity contribution in [3.8, 4) is 0 Å². The fraction of sp³-hybridized carbons (Fsp3) is 0.500. The molecule has 0 atom stereocenters. The molecule has 116 valence electrons. The third kappa shape index (κ3) is 5.45. The molecule has 0 radical (unpaired) electrons. The van der Waals surface area contributed by atoms with Crippen molar-refractivity contribution in [3.05, 3.63) is 35.4 Å². The molecular weight excluding hydrogens is 268 g/mol. The topological polar surface area (TPSA) is 60.9 Å². The molecule has 1 N–H and O–H groups in total. The zero-order valence-electron chi connectivity index (χ0n) is 13.2. The van der Waals surface area contributed by atoms with Gasteiger partial charge >= 0.3 is 12.0 Å². The van der Waals surface area contributed by atoms with Crippen LogP contribution >= 0.6 is 0 Å². The lowest BCUT2D eigenvalue weighted by Crippen LogP contribution is -2.45. The smallest absolute Gasteiger partial charge is 0.323 e. The molecule has 0 saturated carbocycles. The summed E-state index contributed by atoms with van der Waals surface area (Å²) in [6.07, 6.45) is 0. The van der Waals surface area contributed by atoms with Crippen molar-refractivity contribution >= 4 is 12.0 Å². The van der Waals surface area contributed by atoms with Gasteiger partial charge in [0.25, 0.3) is 0 Å². The monoisotopic (exact) mass is 292 g/mol. The molecule has 2 amide bonds. The lowest BCUT2D eigenvalue weighted by molar-refractivity contribution is -0.137. The summed E-state index contributed by atoms with van der Waals surface area (Å²) in [7, 11) is 1.70. The summed E-state index contributed by atoms with van der Waals surface area (Å²) in [5.74, 6) is -0.770. The Morgan fingerprint density at radius 3 is 2.38 bits per heavy atom. The number of amides is 2. The second kappa shape index (κ2) is 7.67. The average Bonchev–Trinajstić information content (AvgIpc) is 2.38. The Labute approximate surface area is 126 Å². The van der Waals surface area contributed by atoms with E-state index in [1.807, 2.05) is 45.0 Å². The van der Waals surface area contributed by atoms with E-state index < -0.39 is 5.97 Å². The van der Waals surface area contributed by atoms with Gasteiger partial charge in [0.2, 0.25) is 0 Å². The lowest BCUT2D eigenvalue weighted by atomic mass is 10.1. The van der Waals surface area contributed by atoms with E-state index >= 15 is 0 Å². The van der Waals surface area contributed by atoms with Crippen molar-refractivity contribution in [3.63, 3.8) is 0 Å². The minimum Gasteiger partial charge on any atom is -0.480 e. The van der Waals surface area contributed by atoms with Crippen LogP contribution in [0.3, 0.4) is 0 Å². The Morgan fingerprint density at radius 2 is 1.86 bits per heavy atom. The van der Waals surface area contributed by atoms with Crippen LogP contribution in [-0.2, 0) is 11.3 Å². The number of carboxylic acid groups (broad SMARTS) is 1. The average molecular weight is 292 g/mol. The number of aliphatic carboxylic acids is 1. The molecule has 1 rings (SSSR count). The van der Waals surface area contributed by atoms with Crippen molar-refractivity contribution in [2.45, 2.75) is 27.3 Å². The van der Waals surface area contributed by atoms with E-state index in [-0.39, 0.29) is 18.5 Å². The lowest BCUT2D eigenvalue weighted by Gasteiger charge is -2.28. The van der Waals surface area contributed by atoms with Crippen molar-refractivity contribution in [1.29, 1.82) is 0 Å². The van der Waals surface area contributed by atoms with Gasteiger partial charge in [0.15, 0.2) is 0 Å². The van der Waals surface area contributed by atoms with Gasteiger partial charge in [0.05, 0.1) is 0 Å². The maximum Gasteiger partial charge on any atom is 0.323 e. The van der Waals surface area contributed by atoms with Crippen LogP contribution in [0.4, 0.5) is 4.79 Å². The maximum atomic E-state index is 12.4. The summed E-state index contributed by atoms with van der Waals surface area (Å²) >= 11 is 0. The second-order valence-corrected chi connectivity index (χ2v) is 5.73. The maximum absolute atomic E-state index is 12.4. The van der Waals surface area contributed by atoms with Crippen molar-refractivity contribution in [1.82, 2.24) is 9.80 Å². The standard InChI is InChI=1S/C16H24N2O3/c1-12(2)9-18(11-15(19)20)16(21)17(4)10-14-8-6-5-7-13(14)3/h5-8,12H,9-11H2,1-4H3,(H,19,20). The highest BCUT2D eigenvalue weighted by Crippen LogP contribution is 2.11. The number of carbonyl (C=O) groups is 2. The van der Waals surface area contributed by atoms with E-state index in [0.29, 0.717) is 13.1 Å². The predicted molar refractivity (Wildman–Crippen MR) is 82.1 cm³/mol. The minimum absolute atomic E-state index is 0.222. The molecule has 1 aromatic carbocycles. The third-order valence-electron chi connectivity index (χ3n) is 3.18. The Kier molecular flexibility index (Phi) is 6.21. The van der Waals surface area contributed by atoms with Crippen molar-refractivity contribution < 1.29 is 14.7 Å². The van der Waals surface area contributed by atoms with Gasteiger partial charge in [-0.2, -0.15) is 0 Å². The first-order valence-corrected chi connectivity index (χ1v) is 7.07. The van der Waals surface area contributed by atoms with Crippen LogP contribution in [0.2, 0.25) is 0 Å². The van der Waals surface area contributed by atoms with Gasteiger partial charge in [-0.25, -0.2) is 4.79 Å². The van der Waals surface area contributed by atoms with E-state index in [2.05, 4.69) is 0 Å². The highest BCUT2D eigenvalue weighted by molar-refractivity contribution is 5.80. The number of hydrogen-bond donors (Lipinski definition) is 1. The van der Waals surface area contributed by atoms with E-state index in [9.17, 15) is 9.59 Å². The zero-order chi connectivity index (χ0) is 16.0. The SMILES string of the molecule is Cc1ccccc1CN(C)C(=O)N(CC(=O)O)CC(C)C. The minimum atomic E-state index is -0.992. The number of urea groups is 1. The molecule has 0 fully saturated rings. The van der Waals surface area contributed by atoms with Crippen LogP contribution < -0.4 is 0 Å². The Morgan fingerprint density at radius 1 is 1.24 bits per heavy atom. The Bertz CT molecular complexity index is 500. The van der Waals surface area contributed by atoms with Gasteiger partial charge in [-0.3, -0.25) is 4.79 Å². The molecule has 0 saturated heterocycles. The van der Waals surface area contributed by atoms with Crippen molar-refractivity contribution in [2.75, 3.05) is 20.1 Å². The number of rotatable bonds is 6. The van der Waals surface area contributed by atoms with E-state index in [0.717, 1.165) is 11.1 Å². The Hall–Kier alpha value is -2.04. The van der Waals surface area contributed by atoms with Gasteiger partial charge in [-0.05, 0) is 24.0 Å². The number of carbonyl (C=O) groups excluding carboxylic acids is 1. The third-order valence-corrected chi connectivity index (χ3v) is 3.18. The number of benzene rings is 1. The fourth-order valence-corrected chi connectivity index (χ4v) is 2.17. The molecule has 21 heavy (non-hydrogen) atoms. The summed E-state index contributed by atoms with van der Waals surface area (Å²) in [4.78, 5) is 26.3. The molecule has 0 heterocycles. The summed E-state index contributed by atoms with van der Waals surface area (Å²) in [6, 6.07) is 7.61. The largest absolute Gasteiger partial charge is 0.480 e. The predicted octanol–water partition coefficient (Wildman–Crippen LogP) is 2.59. The van der Waals surface area contributed by atoms with Gasteiger partial charge in [0.1, 0.15) is 6.54 Å². The molecule has 0 aliphatic heterocycles. The van der Waals surface area contributed by atoms with Crippen LogP contribution in [0, 0.1) is 12.8 Å². The van der Waals surface area contributed by atoms with Gasteiger partial charge < -0.3 is 14.9 Å². The van der Waals surface area contributed by atoms with E-state index in [1.54, 1.807) is 11.9 Å². The molecule has 0 spiro atoms. The molecule has 0 aliphatic carbocycles. The van der Waals surface area contributed by atoms with Gasteiger partial charge in [-0.1, -0.05) is 38.1 Å². The van der Waals surface area contributed by atoms with Crippen molar-refractivity contribution in [2.24, 2.45) is 5.92 Å². The first-order chi connectivity index (χ1) is 9.81. The van der Waals surface area contributed by atoms with Crippen LogP contribution in [0.5, 0.6) is 0 Å². The number of nitrogens with zero attached hydrogens (tertiary/aromatic N) is 2. The van der Waals surface area contributed by atoms with Gasteiger partial charge in [-0.15, -0.1) is 0 Å². The molecule has 5 heteroatoms. The number of carboxylic acids is 1. The first-order valence-electron chi connectivity index (χ1n) is 7.07. The van der Waals surface area contributed by atoms with Crippen LogP contribution in [0.15, 0.2) is 24.3 Å². The molecular formula is C16H24N2O3. The number of hydrogen-bond acceptors (Lipinski definition) is 2. The first kappa shape index (κ1) is 17.0. The molecule has 0 aromatic heterocycles. The molecule has 0 bridgehead atoms. The van der Waals surface area contributed by atoms with E-state index in [4.69, 9.17) is 5.11 Å². The Balaban J connectivity index is 2.77. The molecule has 0 aliphatic rings. The van der Waals surface area contributed by atoms with E-state index in [1.165, 1.54) is 4.90 Å². The normalized spacial score (nSPS) is 10.5. The highest BCUT2D eigenvalue weighted by Gasteiger charge is 2.21. The summed E-state index contributed by atoms with van der Waals surface area (Å²) in [5.41, 5.74) is 2.18. The van der Waals surface area contributed by atoms with Crippen LogP contribution in [-0.4, -0.2) is 47.0 Å². The zero-order valence-corrected chi connectivity index (χ0v) is 13.2. The second-order valence-electron chi connectivity index (χ2n) is 5.73. The number of aryl methyl sites for hydroxylation is 1. The molecule has 1 aromatic rings.